The number of nitrogen functional groups attached to an aromatic ring is 1. The molecule has 0 aromatic carbocycles. The number of hydrogen-bond donors (Lipinski definition) is 3. The lowest BCUT2D eigenvalue weighted by Crippen LogP contribution is -2.27. The van der Waals surface area contributed by atoms with E-state index in [1.54, 1.807) is 0 Å². The number of hydrogen-bond acceptors (Lipinski definition) is 6. The summed E-state index contributed by atoms with van der Waals surface area (Å²) in [5, 5.41) is 4.32. The molecule has 0 amide bonds. The van der Waals surface area contributed by atoms with Gasteiger partial charge >= 0.3 is 0 Å². The van der Waals surface area contributed by atoms with E-state index in [4.69, 9.17) is 5.84 Å². The van der Waals surface area contributed by atoms with Gasteiger partial charge in [-0.2, -0.15) is 16.7 Å². The molecule has 2 rings (SSSR count). The fourth-order valence-corrected chi connectivity index (χ4v) is 3.10. The van der Waals surface area contributed by atoms with E-state index in [-0.39, 0.29) is 0 Å². The van der Waals surface area contributed by atoms with Crippen molar-refractivity contribution in [2.24, 2.45) is 5.84 Å². The van der Waals surface area contributed by atoms with E-state index in [2.05, 4.69) is 27.0 Å². The Bertz CT molecular complexity index is 390. The van der Waals surface area contributed by atoms with Crippen molar-refractivity contribution >= 4 is 23.5 Å². The highest BCUT2D eigenvalue weighted by molar-refractivity contribution is 7.99. The normalized spacial score (nSPS) is 23.7. The van der Waals surface area contributed by atoms with Crippen LogP contribution in [0.2, 0.25) is 0 Å². The molecule has 0 unspecified atom stereocenters. The van der Waals surface area contributed by atoms with Crippen molar-refractivity contribution in [1.82, 2.24) is 9.97 Å². The lowest BCUT2D eigenvalue weighted by Gasteiger charge is -2.28. The van der Waals surface area contributed by atoms with Gasteiger partial charge in [0.05, 0.1) is 0 Å². The molecule has 5 nitrogen and oxygen atoms in total. The van der Waals surface area contributed by atoms with Gasteiger partial charge in [0.1, 0.15) is 5.82 Å². The predicted octanol–water partition coefficient (Wildman–Crippen LogP) is 2.16. The van der Waals surface area contributed by atoms with Crippen molar-refractivity contribution in [3.8, 4) is 0 Å². The lowest BCUT2D eigenvalue weighted by atomic mass is 9.95. The molecule has 100 valence electrons. The molecule has 0 atom stereocenters. The van der Waals surface area contributed by atoms with Gasteiger partial charge in [-0.3, -0.25) is 5.43 Å². The molecule has 1 heterocycles. The molecule has 0 spiro atoms. The van der Waals surface area contributed by atoms with Gasteiger partial charge in [-0.05, 0) is 38.9 Å². The number of aryl methyl sites for hydroxylation is 1. The Morgan fingerprint density at radius 1 is 1.28 bits per heavy atom. The first kappa shape index (κ1) is 13.4. The van der Waals surface area contributed by atoms with Crippen molar-refractivity contribution < 1.29 is 0 Å². The van der Waals surface area contributed by atoms with Gasteiger partial charge in [0.2, 0.25) is 5.95 Å². The van der Waals surface area contributed by atoms with E-state index in [0.717, 1.165) is 16.8 Å². The maximum absolute atomic E-state index is 5.35. The zero-order valence-corrected chi connectivity index (χ0v) is 11.8. The third-order valence-electron chi connectivity index (χ3n) is 3.34. The standard InChI is InChI=1S/C12H21N5S/c1-8-7-11(16-12(14-8)17-13)15-9-3-5-10(18-2)6-4-9/h7,9-10H,3-6,13H2,1-2H3,(H2,14,15,16,17). The van der Waals surface area contributed by atoms with Crippen LogP contribution in [0.3, 0.4) is 0 Å². The molecule has 1 fully saturated rings. The Hall–Kier alpha value is -1.01. The monoisotopic (exact) mass is 267 g/mol. The molecule has 0 bridgehead atoms. The SMILES string of the molecule is CSC1CCC(Nc2cc(C)nc(NN)n2)CC1. The van der Waals surface area contributed by atoms with Gasteiger partial charge in [-0.25, -0.2) is 10.8 Å². The van der Waals surface area contributed by atoms with Crippen LogP contribution in [0.1, 0.15) is 31.4 Å². The topological polar surface area (TPSA) is 75.9 Å². The van der Waals surface area contributed by atoms with Crippen molar-refractivity contribution in [2.45, 2.75) is 43.9 Å². The molecular formula is C12H21N5S. The molecule has 6 heteroatoms. The third kappa shape index (κ3) is 3.49. The van der Waals surface area contributed by atoms with Crippen LogP contribution in [0.25, 0.3) is 0 Å². The summed E-state index contributed by atoms with van der Waals surface area (Å²) >= 11 is 1.98. The van der Waals surface area contributed by atoms with E-state index in [1.165, 1.54) is 25.7 Å². The van der Waals surface area contributed by atoms with Crippen LogP contribution in [-0.2, 0) is 0 Å². The number of anilines is 2. The van der Waals surface area contributed by atoms with Crippen molar-refractivity contribution in [3.05, 3.63) is 11.8 Å². The smallest absolute Gasteiger partial charge is 0.239 e. The molecular weight excluding hydrogens is 246 g/mol. The second kappa shape index (κ2) is 6.24. The molecule has 1 aliphatic rings. The molecule has 4 N–H and O–H groups in total. The predicted molar refractivity (Wildman–Crippen MR) is 77.8 cm³/mol. The van der Waals surface area contributed by atoms with E-state index < -0.39 is 0 Å². The van der Waals surface area contributed by atoms with Crippen LogP contribution in [0, 0.1) is 6.92 Å². The summed E-state index contributed by atoms with van der Waals surface area (Å²) in [5.74, 6) is 6.68. The maximum atomic E-state index is 5.35. The van der Waals surface area contributed by atoms with Crippen LogP contribution >= 0.6 is 11.8 Å². The highest BCUT2D eigenvalue weighted by atomic mass is 32.2. The Kier molecular flexibility index (Phi) is 4.66. The zero-order valence-electron chi connectivity index (χ0n) is 10.9. The van der Waals surface area contributed by atoms with E-state index in [1.807, 2.05) is 24.8 Å². The molecule has 1 aromatic rings. The number of nitrogens with zero attached hydrogens (tertiary/aromatic N) is 2. The van der Waals surface area contributed by atoms with E-state index in [9.17, 15) is 0 Å². The lowest BCUT2D eigenvalue weighted by molar-refractivity contribution is 0.472. The minimum Gasteiger partial charge on any atom is -0.367 e. The van der Waals surface area contributed by atoms with E-state index in [0.29, 0.717) is 12.0 Å². The highest BCUT2D eigenvalue weighted by Gasteiger charge is 2.20. The van der Waals surface area contributed by atoms with Crippen LogP contribution < -0.4 is 16.6 Å². The van der Waals surface area contributed by atoms with Gasteiger partial charge in [-0.15, -0.1) is 0 Å². The largest absolute Gasteiger partial charge is 0.367 e. The first-order chi connectivity index (χ1) is 8.71. The minimum atomic E-state index is 0.468. The second-order valence-electron chi connectivity index (χ2n) is 4.72. The molecule has 0 aliphatic heterocycles. The minimum absolute atomic E-state index is 0.468. The summed E-state index contributed by atoms with van der Waals surface area (Å²) in [5.41, 5.74) is 3.41. The summed E-state index contributed by atoms with van der Waals surface area (Å²) in [6, 6.07) is 2.48. The first-order valence-electron chi connectivity index (χ1n) is 6.33. The van der Waals surface area contributed by atoms with Crippen LogP contribution in [0.15, 0.2) is 6.07 Å². The number of rotatable bonds is 4. The molecule has 18 heavy (non-hydrogen) atoms. The fourth-order valence-electron chi connectivity index (χ4n) is 2.36. The summed E-state index contributed by atoms with van der Waals surface area (Å²) in [6.07, 6.45) is 7.18. The summed E-state index contributed by atoms with van der Waals surface area (Å²) in [4.78, 5) is 8.50. The molecule has 1 aromatic heterocycles. The van der Waals surface area contributed by atoms with Gasteiger partial charge < -0.3 is 5.32 Å². The first-order valence-corrected chi connectivity index (χ1v) is 7.61. The average Bonchev–Trinajstić information content (AvgIpc) is 2.39. The fraction of sp³-hybridized carbons (Fsp3) is 0.667. The number of hydrazine groups is 1. The van der Waals surface area contributed by atoms with Crippen molar-refractivity contribution in [3.63, 3.8) is 0 Å². The quantitative estimate of drug-likeness (QED) is 0.573. The summed E-state index contributed by atoms with van der Waals surface area (Å²) in [6.45, 7) is 1.94. The average molecular weight is 267 g/mol. The number of nitrogens with one attached hydrogen (secondary N) is 2. The Labute approximate surface area is 112 Å². The Morgan fingerprint density at radius 2 is 2.00 bits per heavy atom. The number of aromatic nitrogens is 2. The van der Waals surface area contributed by atoms with Gasteiger partial charge in [-0.1, -0.05) is 0 Å². The highest BCUT2D eigenvalue weighted by Crippen LogP contribution is 2.28. The Morgan fingerprint density at radius 3 is 2.61 bits per heavy atom. The number of nitrogens with two attached hydrogens (primary N) is 1. The molecule has 0 radical (unpaired) electrons. The van der Waals surface area contributed by atoms with Gasteiger partial charge in [0, 0.05) is 23.1 Å². The van der Waals surface area contributed by atoms with E-state index >= 15 is 0 Å². The van der Waals surface area contributed by atoms with Crippen LogP contribution in [-0.4, -0.2) is 27.5 Å². The summed E-state index contributed by atoms with van der Waals surface area (Å²) in [7, 11) is 0. The molecule has 0 saturated heterocycles. The van der Waals surface area contributed by atoms with Gasteiger partial charge in [0.25, 0.3) is 0 Å². The van der Waals surface area contributed by atoms with Crippen molar-refractivity contribution in [2.75, 3.05) is 17.0 Å². The third-order valence-corrected chi connectivity index (χ3v) is 4.48. The number of thioether (sulfide) groups is 1. The van der Waals surface area contributed by atoms with Crippen LogP contribution in [0.4, 0.5) is 11.8 Å². The molecule has 1 saturated carbocycles. The summed E-state index contributed by atoms with van der Waals surface area (Å²) < 4.78 is 0. The zero-order chi connectivity index (χ0) is 13.0. The maximum Gasteiger partial charge on any atom is 0.239 e. The Balaban J connectivity index is 1.95. The van der Waals surface area contributed by atoms with Gasteiger partial charge in [0.15, 0.2) is 0 Å². The van der Waals surface area contributed by atoms with Crippen molar-refractivity contribution in [1.29, 1.82) is 0 Å². The second-order valence-corrected chi connectivity index (χ2v) is 5.85. The molecule has 1 aliphatic carbocycles. The van der Waals surface area contributed by atoms with Crippen LogP contribution in [0.5, 0.6) is 0 Å².